The molecule has 0 saturated carbocycles. The number of nitrogens with zero attached hydrogens (tertiary/aromatic N) is 1. The summed E-state index contributed by atoms with van der Waals surface area (Å²) in [6.07, 6.45) is 5.48. The van der Waals surface area contributed by atoms with E-state index < -0.39 is 0 Å². The largest absolute Gasteiger partial charge is 0.399 e. The van der Waals surface area contributed by atoms with E-state index in [0.717, 1.165) is 18.2 Å². The Morgan fingerprint density at radius 3 is 2.71 bits per heavy atom. The third kappa shape index (κ3) is 3.74. The Bertz CT molecular complexity index is 341. The Labute approximate surface area is 105 Å². The normalized spacial score (nSPS) is 18.4. The van der Waals surface area contributed by atoms with E-state index in [-0.39, 0.29) is 0 Å². The molecule has 2 nitrogen and oxygen atoms in total. The molecule has 0 aliphatic carbocycles. The zero-order chi connectivity index (χ0) is 12.1. The monoisotopic (exact) mass is 232 g/mol. The molecule has 1 aliphatic heterocycles. The van der Waals surface area contributed by atoms with Crippen molar-refractivity contribution >= 4 is 5.69 Å². The summed E-state index contributed by atoms with van der Waals surface area (Å²) in [5.74, 6) is 0.970. The number of benzene rings is 1. The standard InChI is InChI=1S/C15H24N2/c1-2-4-13-7-9-17(10-8-13)12-14-5-3-6-15(16)11-14/h3,5-6,11,13H,2,4,7-10,12,16H2,1H3. The highest BCUT2D eigenvalue weighted by atomic mass is 15.1. The van der Waals surface area contributed by atoms with Gasteiger partial charge in [-0.25, -0.2) is 0 Å². The van der Waals surface area contributed by atoms with E-state index in [9.17, 15) is 0 Å². The number of anilines is 1. The average Bonchev–Trinajstić information content (AvgIpc) is 2.32. The van der Waals surface area contributed by atoms with Gasteiger partial charge in [-0.3, -0.25) is 4.90 Å². The van der Waals surface area contributed by atoms with Crippen molar-refractivity contribution in [2.75, 3.05) is 18.8 Å². The van der Waals surface area contributed by atoms with Gasteiger partial charge in [0.25, 0.3) is 0 Å². The lowest BCUT2D eigenvalue weighted by Crippen LogP contribution is -2.33. The molecule has 2 N–H and O–H groups in total. The van der Waals surface area contributed by atoms with Crippen molar-refractivity contribution in [3.63, 3.8) is 0 Å². The van der Waals surface area contributed by atoms with E-state index >= 15 is 0 Å². The molecule has 1 aromatic rings. The molecule has 2 heteroatoms. The molecule has 0 bridgehead atoms. The van der Waals surface area contributed by atoms with Crippen molar-refractivity contribution < 1.29 is 0 Å². The fourth-order valence-corrected chi connectivity index (χ4v) is 2.79. The maximum atomic E-state index is 5.81. The molecule has 1 aromatic carbocycles. The predicted octanol–water partition coefficient (Wildman–Crippen LogP) is 3.28. The predicted molar refractivity (Wildman–Crippen MR) is 73.8 cm³/mol. The maximum Gasteiger partial charge on any atom is 0.0317 e. The lowest BCUT2D eigenvalue weighted by Gasteiger charge is -2.31. The third-order valence-electron chi connectivity index (χ3n) is 3.76. The molecule has 0 radical (unpaired) electrons. The summed E-state index contributed by atoms with van der Waals surface area (Å²) >= 11 is 0. The molecule has 0 spiro atoms. The van der Waals surface area contributed by atoms with Gasteiger partial charge in [0.2, 0.25) is 0 Å². The van der Waals surface area contributed by atoms with Crippen LogP contribution in [-0.2, 0) is 6.54 Å². The van der Waals surface area contributed by atoms with Gasteiger partial charge in [0, 0.05) is 12.2 Å². The lowest BCUT2D eigenvalue weighted by atomic mass is 9.92. The summed E-state index contributed by atoms with van der Waals surface area (Å²) in [5.41, 5.74) is 8.03. The van der Waals surface area contributed by atoms with Gasteiger partial charge in [0.1, 0.15) is 0 Å². The van der Waals surface area contributed by atoms with E-state index in [4.69, 9.17) is 5.73 Å². The van der Waals surface area contributed by atoms with Gasteiger partial charge in [-0.2, -0.15) is 0 Å². The molecule has 0 unspecified atom stereocenters. The van der Waals surface area contributed by atoms with Gasteiger partial charge in [-0.05, 0) is 49.5 Å². The van der Waals surface area contributed by atoms with E-state index in [0.29, 0.717) is 0 Å². The van der Waals surface area contributed by atoms with Gasteiger partial charge in [0.15, 0.2) is 0 Å². The SMILES string of the molecule is CCCC1CCN(Cc2cccc(N)c2)CC1. The van der Waals surface area contributed by atoms with E-state index in [1.165, 1.54) is 44.3 Å². The van der Waals surface area contributed by atoms with Crippen molar-refractivity contribution in [3.8, 4) is 0 Å². The number of nitrogen functional groups attached to an aromatic ring is 1. The van der Waals surface area contributed by atoms with Crippen LogP contribution < -0.4 is 5.73 Å². The van der Waals surface area contributed by atoms with Crippen LogP contribution >= 0.6 is 0 Å². The number of rotatable bonds is 4. The van der Waals surface area contributed by atoms with Gasteiger partial charge in [0.05, 0.1) is 0 Å². The van der Waals surface area contributed by atoms with Gasteiger partial charge in [-0.1, -0.05) is 31.9 Å². The second-order valence-electron chi connectivity index (χ2n) is 5.25. The fourth-order valence-electron chi connectivity index (χ4n) is 2.79. The summed E-state index contributed by atoms with van der Waals surface area (Å²) in [4.78, 5) is 2.56. The molecule has 0 amide bonds. The average molecular weight is 232 g/mol. The number of nitrogens with two attached hydrogens (primary N) is 1. The van der Waals surface area contributed by atoms with E-state index in [1.807, 2.05) is 6.07 Å². The molecule has 1 saturated heterocycles. The Morgan fingerprint density at radius 1 is 1.29 bits per heavy atom. The van der Waals surface area contributed by atoms with Crippen LogP contribution in [0.5, 0.6) is 0 Å². The van der Waals surface area contributed by atoms with Crippen LogP contribution in [0.25, 0.3) is 0 Å². The molecule has 0 atom stereocenters. The molecular formula is C15H24N2. The Kier molecular flexibility index (Phi) is 4.43. The quantitative estimate of drug-likeness (QED) is 0.807. The first-order valence-electron chi connectivity index (χ1n) is 6.84. The van der Waals surface area contributed by atoms with Gasteiger partial charge < -0.3 is 5.73 Å². The van der Waals surface area contributed by atoms with Crippen LogP contribution in [0.15, 0.2) is 24.3 Å². The van der Waals surface area contributed by atoms with Crippen LogP contribution in [0.4, 0.5) is 5.69 Å². The molecule has 94 valence electrons. The number of hydrogen-bond acceptors (Lipinski definition) is 2. The van der Waals surface area contributed by atoms with E-state index in [2.05, 4.69) is 30.0 Å². The Morgan fingerprint density at radius 2 is 2.06 bits per heavy atom. The molecule has 2 rings (SSSR count). The van der Waals surface area contributed by atoms with Crippen LogP contribution in [0, 0.1) is 5.92 Å². The molecular weight excluding hydrogens is 208 g/mol. The first-order valence-corrected chi connectivity index (χ1v) is 6.84. The van der Waals surface area contributed by atoms with Crippen molar-refractivity contribution in [2.45, 2.75) is 39.2 Å². The summed E-state index contributed by atoms with van der Waals surface area (Å²) in [6, 6.07) is 8.28. The molecule has 1 fully saturated rings. The van der Waals surface area contributed by atoms with Crippen LogP contribution in [0.1, 0.15) is 38.2 Å². The highest BCUT2D eigenvalue weighted by Gasteiger charge is 2.18. The summed E-state index contributed by atoms with van der Waals surface area (Å²) in [6.45, 7) is 5.85. The highest BCUT2D eigenvalue weighted by Crippen LogP contribution is 2.23. The van der Waals surface area contributed by atoms with Gasteiger partial charge >= 0.3 is 0 Å². The molecule has 1 aliphatic rings. The maximum absolute atomic E-state index is 5.81. The van der Waals surface area contributed by atoms with Crippen molar-refractivity contribution in [2.24, 2.45) is 5.92 Å². The lowest BCUT2D eigenvalue weighted by molar-refractivity contribution is 0.172. The Hall–Kier alpha value is -1.02. The minimum absolute atomic E-state index is 0.878. The van der Waals surface area contributed by atoms with Crippen molar-refractivity contribution in [1.29, 1.82) is 0 Å². The number of piperidine rings is 1. The second kappa shape index (κ2) is 6.06. The van der Waals surface area contributed by atoms with Crippen LogP contribution in [0.3, 0.4) is 0 Å². The zero-order valence-corrected chi connectivity index (χ0v) is 10.9. The van der Waals surface area contributed by atoms with Crippen LogP contribution in [0.2, 0.25) is 0 Å². The second-order valence-corrected chi connectivity index (χ2v) is 5.25. The third-order valence-corrected chi connectivity index (χ3v) is 3.76. The summed E-state index contributed by atoms with van der Waals surface area (Å²) in [7, 11) is 0. The zero-order valence-electron chi connectivity index (χ0n) is 10.9. The molecule has 1 heterocycles. The number of likely N-dealkylation sites (tertiary alicyclic amines) is 1. The molecule has 17 heavy (non-hydrogen) atoms. The summed E-state index contributed by atoms with van der Waals surface area (Å²) in [5, 5.41) is 0. The van der Waals surface area contributed by atoms with E-state index in [1.54, 1.807) is 0 Å². The first-order chi connectivity index (χ1) is 8.28. The van der Waals surface area contributed by atoms with Crippen molar-refractivity contribution in [1.82, 2.24) is 4.90 Å². The molecule has 0 aromatic heterocycles. The van der Waals surface area contributed by atoms with Crippen molar-refractivity contribution in [3.05, 3.63) is 29.8 Å². The van der Waals surface area contributed by atoms with Gasteiger partial charge in [-0.15, -0.1) is 0 Å². The highest BCUT2D eigenvalue weighted by molar-refractivity contribution is 5.40. The smallest absolute Gasteiger partial charge is 0.0317 e. The number of hydrogen-bond donors (Lipinski definition) is 1. The summed E-state index contributed by atoms with van der Waals surface area (Å²) < 4.78 is 0. The minimum Gasteiger partial charge on any atom is -0.399 e. The van der Waals surface area contributed by atoms with Crippen LogP contribution in [-0.4, -0.2) is 18.0 Å². The fraction of sp³-hybridized carbons (Fsp3) is 0.600. The topological polar surface area (TPSA) is 29.3 Å². The minimum atomic E-state index is 0.878. The first kappa shape index (κ1) is 12.4. The Balaban J connectivity index is 1.82.